The van der Waals surface area contributed by atoms with Crippen LogP contribution in [0.4, 0.5) is 13.2 Å². The Morgan fingerprint density at radius 3 is 2.32 bits per heavy atom. The Morgan fingerprint density at radius 1 is 0.839 bits per heavy atom. The summed E-state index contributed by atoms with van der Waals surface area (Å²) in [7, 11) is 0. The summed E-state index contributed by atoms with van der Waals surface area (Å²) in [5.74, 6) is -0.660. The number of halogens is 3. The van der Waals surface area contributed by atoms with Crippen LogP contribution in [0.1, 0.15) is 82.3 Å². The van der Waals surface area contributed by atoms with Gasteiger partial charge in [-0.25, -0.2) is 13.2 Å². The van der Waals surface area contributed by atoms with E-state index in [1.165, 1.54) is 75.1 Å². The fourth-order valence-electron chi connectivity index (χ4n) is 5.38. The number of allylic oxidation sites excluding steroid dienone is 1. The van der Waals surface area contributed by atoms with Crippen molar-refractivity contribution in [3.8, 4) is 11.1 Å². The smallest absolute Gasteiger partial charge is 0.166 e. The van der Waals surface area contributed by atoms with Crippen LogP contribution in [0.25, 0.3) is 17.2 Å². The van der Waals surface area contributed by atoms with E-state index in [1.54, 1.807) is 6.07 Å². The lowest BCUT2D eigenvalue weighted by molar-refractivity contribution is 0.249. The van der Waals surface area contributed by atoms with Gasteiger partial charge in [0, 0.05) is 11.1 Å². The number of benzene rings is 2. The van der Waals surface area contributed by atoms with Gasteiger partial charge in [0.2, 0.25) is 0 Å². The molecule has 0 radical (unpaired) electrons. The molecule has 1 fully saturated rings. The molecule has 2 aliphatic rings. The van der Waals surface area contributed by atoms with Gasteiger partial charge in [0.1, 0.15) is 5.82 Å². The van der Waals surface area contributed by atoms with E-state index in [0.29, 0.717) is 0 Å². The van der Waals surface area contributed by atoms with Crippen LogP contribution in [-0.2, 0) is 6.42 Å². The van der Waals surface area contributed by atoms with Crippen molar-refractivity contribution >= 4 is 6.08 Å². The minimum absolute atomic E-state index is 0.00961. The normalized spacial score (nSPS) is 21.0. The second kappa shape index (κ2) is 10.1. The summed E-state index contributed by atoms with van der Waals surface area (Å²) in [6.45, 7) is 2.27. The Morgan fingerprint density at radius 2 is 1.58 bits per heavy atom. The molecule has 0 amide bonds. The topological polar surface area (TPSA) is 0 Å². The van der Waals surface area contributed by atoms with Gasteiger partial charge in [-0.2, -0.15) is 0 Å². The van der Waals surface area contributed by atoms with E-state index in [2.05, 4.69) is 13.0 Å². The quantitative estimate of drug-likeness (QED) is 0.415. The summed E-state index contributed by atoms with van der Waals surface area (Å²) in [5, 5.41) is 0. The van der Waals surface area contributed by atoms with Gasteiger partial charge in [-0.15, -0.1) is 0 Å². The molecule has 0 bridgehead atoms. The van der Waals surface area contributed by atoms with Crippen molar-refractivity contribution in [3.05, 3.63) is 64.5 Å². The Bertz CT molecular complexity index is 936. The Kier molecular flexibility index (Phi) is 7.20. The maximum Gasteiger partial charge on any atom is 0.166 e. The molecular formula is C28H33F3. The summed E-state index contributed by atoms with van der Waals surface area (Å²) in [6, 6.07) is 7.11. The average molecular weight is 427 g/mol. The molecule has 166 valence electrons. The molecule has 0 heterocycles. The molecule has 0 saturated heterocycles. The molecule has 0 atom stereocenters. The van der Waals surface area contributed by atoms with Crippen LogP contribution in [0.5, 0.6) is 0 Å². The highest BCUT2D eigenvalue weighted by molar-refractivity contribution is 5.70. The molecule has 0 nitrogen and oxygen atoms in total. The lowest BCUT2D eigenvalue weighted by Crippen LogP contribution is -2.15. The third-order valence-electron chi connectivity index (χ3n) is 7.35. The van der Waals surface area contributed by atoms with Crippen LogP contribution in [0.15, 0.2) is 35.9 Å². The number of hydrogen-bond donors (Lipinski definition) is 0. The summed E-state index contributed by atoms with van der Waals surface area (Å²) < 4.78 is 42.6. The van der Waals surface area contributed by atoms with Crippen molar-refractivity contribution in [2.45, 2.75) is 77.6 Å². The molecule has 31 heavy (non-hydrogen) atoms. The van der Waals surface area contributed by atoms with E-state index in [-0.39, 0.29) is 11.1 Å². The highest BCUT2D eigenvalue weighted by Gasteiger charge is 2.22. The van der Waals surface area contributed by atoms with E-state index >= 15 is 0 Å². The predicted octanol–water partition coefficient (Wildman–Crippen LogP) is 8.88. The highest BCUT2D eigenvalue weighted by Crippen LogP contribution is 2.37. The van der Waals surface area contributed by atoms with Gasteiger partial charge in [-0.1, -0.05) is 75.7 Å². The zero-order valence-electron chi connectivity index (χ0n) is 18.5. The van der Waals surface area contributed by atoms with Gasteiger partial charge in [0.15, 0.2) is 11.6 Å². The first kappa shape index (κ1) is 22.2. The van der Waals surface area contributed by atoms with Crippen LogP contribution in [-0.4, -0.2) is 0 Å². The van der Waals surface area contributed by atoms with Crippen LogP contribution in [0.3, 0.4) is 0 Å². The number of fused-ring (bicyclic) bond motifs is 1. The third-order valence-corrected chi connectivity index (χ3v) is 7.35. The number of hydrogen-bond acceptors (Lipinski definition) is 0. The molecule has 0 aromatic heterocycles. The molecule has 3 heteroatoms. The van der Waals surface area contributed by atoms with Crippen LogP contribution >= 0.6 is 0 Å². The monoisotopic (exact) mass is 426 g/mol. The number of aryl methyl sites for hydroxylation is 1. The van der Waals surface area contributed by atoms with Gasteiger partial charge in [-0.05, 0) is 66.8 Å². The standard InChI is InChI=1S/C28H33F3/c1-2-3-5-19-8-10-20(11-9-19)12-13-21-14-15-22-17-25(27(30)18-23(22)16-21)24-6-4-7-26(29)28(24)31/h4,6-7,16-20H,2-3,5,8-15H2,1H3. The van der Waals surface area contributed by atoms with Crippen molar-refractivity contribution in [2.75, 3.05) is 0 Å². The number of unbranched alkanes of at least 4 members (excludes halogenated alkanes) is 1. The van der Waals surface area contributed by atoms with Crippen molar-refractivity contribution in [2.24, 2.45) is 11.8 Å². The molecular weight excluding hydrogens is 393 g/mol. The van der Waals surface area contributed by atoms with E-state index in [4.69, 9.17) is 0 Å². The minimum atomic E-state index is -0.988. The second-order valence-corrected chi connectivity index (χ2v) is 9.50. The first-order chi connectivity index (χ1) is 15.0. The molecule has 1 saturated carbocycles. The Hall–Kier alpha value is -2.03. The van der Waals surface area contributed by atoms with Gasteiger partial charge in [-0.3, -0.25) is 0 Å². The van der Waals surface area contributed by atoms with E-state index in [9.17, 15) is 13.2 Å². The first-order valence-corrected chi connectivity index (χ1v) is 12.0. The van der Waals surface area contributed by atoms with Gasteiger partial charge < -0.3 is 0 Å². The third kappa shape index (κ3) is 5.25. The van der Waals surface area contributed by atoms with Crippen molar-refractivity contribution in [1.82, 2.24) is 0 Å². The SMILES string of the molecule is CCCCC1CCC(CCC2=Cc3cc(F)c(-c4cccc(F)c4F)cc3CC2)CC1. The first-order valence-electron chi connectivity index (χ1n) is 12.0. The maximum absolute atomic E-state index is 14.8. The maximum atomic E-state index is 14.8. The van der Waals surface area contributed by atoms with Crippen LogP contribution < -0.4 is 0 Å². The summed E-state index contributed by atoms with van der Waals surface area (Å²) in [5.41, 5.74) is 3.43. The summed E-state index contributed by atoms with van der Waals surface area (Å²) >= 11 is 0. The molecule has 2 aliphatic carbocycles. The van der Waals surface area contributed by atoms with E-state index < -0.39 is 17.5 Å². The van der Waals surface area contributed by atoms with Gasteiger partial charge in [0.25, 0.3) is 0 Å². The molecule has 2 aromatic rings. The Balaban J connectivity index is 1.40. The van der Waals surface area contributed by atoms with E-state index in [0.717, 1.165) is 48.3 Å². The van der Waals surface area contributed by atoms with Crippen molar-refractivity contribution in [1.29, 1.82) is 0 Å². The Labute approximate surface area is 184 Å². The lowest BCUT2D eigenvalue weighted by Gasteiger charge is -2.29. The minimum Gasteiger partial charge on any atom is -0.206 e. The summed E-state index contributed by atoms with van der Waals surface area (Å²) in [6.07, 6.45) is 15.8. The van der Waals surface area contributed by atoms with Gasteiger partial charge >= 0.3 is 0 Å². The number of rotatable bonds is 7. The molecule has 2 aromatic carbocycles. The van der Waals surface area contributed by atoms with Gasteiger partial charge in [0.05, 0.1) is 0 Å². The van der Waals surface area contributed by atoms with Crippen LogP contribution in [0, 0.1) is 29.3 Å². The average Bonchev–Trinajstić information content (AvgIpc) is 2.78. The lowest BCUT2D eigenvalue weighted by atomic mass is 9.77. The molecule has 4 rings (SSSR count). The van der Waals surface area contributed by atoms with Crippen molar-refractivity contribution < 1.29 is 13.2 Å². The molecule has 0 unspecified atom stereocenters. The summed E-state index contributed by atoms with van der Waals surface area (Å²) in [4.78, 5) is 0. The fraction of sp³-hybridized carbons (Fsp3) is 0.500. The van der Waals surface area contributed by atoms with Crippen LogP contribution in [0.2, 0.25) is 0 Å². The highest BCUT2D eigenvalue weighted by atomic mass is 19.2. The molecule has 0 N–H and O–H groups in total. The predicted molar refractivity (Wildman–Crippen MR) is 122 cm³/mol. The zero-order chi connectivity index (χ0) is 21.8. The van der Waals surface area contributed by atoms with Crippen molar-refractivity contribution in [3.63, 3.8) is 0 Å². The molecule has 0 spiro atoms. The second-order valence-electron chi connectivity index (χ2n) is 9.50. The zero-order valence-corrected chi connectivity index (χ0v) is 18.5. The molecule has 0 aliphatic heterocycles. The largest absolute Gasteiger partial charge is 0.206 e. The fourth-order valence-corrected chi connectivity index (χ4v) is 5.38. The van der Waals surface area contributed by atoms with E-state index in [1.807, 2.05) is 0 Å².